The maximum absolute atomic E-state index is 9.29. The molecule has 0 saturated carbocycles. The molecule has 0 aliphatic heterocycles. The molecule has 0 unspecified atom stereocenters. The summed E-state index contributed by atoms with van der Waals surface area (Å²) in [5, 5.41) is 17.5. The molecular weight excluding hydrogens is 550 g/mol. The molecule has 0 atom stereocenters. The molecule has 0 aliphatic rings. The fraction of sp³-hybridized carbons (Fsp3) is 0.143. The largest absolute Gasteiger partial charge is 6.00 e. The van der Waals surface area contributed by atoms with E-state index < -0.39 is 11.4 Å². The van der Waals surface area contributed by atoms with Gasteiger partial charge in [0.05, 0.1) is 0 Å². The molecule has 2 aromatic carbocycles. The summed E-state index contributed by atoms with van der Waals surface area (Å²) in [6.45, 7) is 3.97. The summed E-state index contributed by atoms with van der Waals surface area (Å²) >= 11 is 14.6. The van der Waals surface area contributed by atoms with Crippen molar-refractivity contribution in [2.45, 2.75) is 13.8 Å². The van der Waals surface area contributed by atoms with Gasteiger partial charge in [-0.1, -0.05) is 35.4 Å². The van der Waals surface area contributed by atoms with Crippen molar-refractivity contribution in [3.8, 4) is 11.5 Å². The van der Waals surface area contributed by atoms with Gasteiger partial charge >= 0.3 is 21.1 Å². The Morgan fingerprint density at radius 2 is 0.815 bits per heavy atom. The maximum atomic E-state index is 9.29. The SMILES string of the molecule is Cc1ccc(O)cc1.Cc1ccc(O)cc1.[Mo+6].[O-]P([O-])(=S)[S-].[O-]P([O-])(=S)[S-]. The van der Waals surface area contributed by atoms with Gasteiger partial charge < -0.3 is 65.7 Å². The predicted molar refractivity (Wildman–Crippen MR) is 109 cm³/mol. The molecule has 2 rings (SSSR count). The molecule has 148 valence electrons. The molecule has 0 heterocycles. The molecular formula is C14H16MoO6P2S4. The summed E-state index contributed by atoms with van der Waals surface area (Å²) in [6, 6.07) is 14.2. The van der Waals surface area contributed by atoms with Crippen LogP contribution in [0.3, 0.4) is 0 Å². The Bertz CT molecular complexity index is 597. The van der Waals surface area contributed by atoms with Gasteiger partial charge in [-0.2, -0.15) is 23.6 Å². The Kier molecular flexibility index (Phi) is 19.6. The van der Waals surface area contributed by atoms with Crippen LogP contribution in [0.2, 0.25) is 0 Å². The van der Waals surface area contributed by atoms with E-state index in [2.05, 4.69) is 48.1 Å². The Morgan fingerprint density at radius 1 is 0.667 bits per heavy atom. The molecule has 0 aromatic heterocycles. The van der Waals surface area contributed by atoms with E-state index in [0.717, 1.165) is 0 Å². The minimum Gasteiger partial charge on any atom is -0.850 e. The topological polar surface area (TPSA) is 133 Å². The number of aromatic hydroxyl groups is 2. The maximum Gasteiger partial charge on any atom is 6.00 e. The summed E-state index contributed by atoms with van der Waals surface area (Å²) in [6.07, 6.45) is 0. The third kappa shape index (κ3) is 37.9. The standard InChI is InChI=1S/2C7H8O.Mo.2H3O2PS2/c2*1-6-2-4-7(8)5-3-6;;2*1-3(2,4)5/h2*2-5,8H,1H3;;2*(H3,1,2,4,5)/q;;+6;;/p-6. The molecule has 6 nitrogen and oxygen atoms in total. The molecule has 0 spiro atoms. The Morgan fingerprint density at radius 3 is 0.926 bits per heavy atom. The average molecular weight is 566 g/mol. The van der Waals surface area contributed by atoms with Crippen LogP contribution in [0.4, 0.5) is 0 Å². The van der Waals surface area contributed by atoms with Crippen LogP contribution in [0.1, 0.15) is 11.1 Å². The number of aryl methyl sites for hydroxylation is 2. The minimum absolute atomic E-state index is 0. The van der Waals surface area contributed by atoms with Crippen LogP contribution in [0, 0.1) is 13.8 Å². The molecule has 0 radical (unpaired) electrons. The quantitative estimate of drug-likeness (QED) is 0.262. The second-order valence-corrected chi connectivity index (χ2v) is 13.5. The van der Waals surface area contributed by atoms with Crippen LogP contribution in [-0.4, -0.2) is 10.2 Å². The second-order valence-electron chi connectivity index (χ2n) is 4.57. The number of phenols is 2. The fourth-order valence-corrected chi connectivity index (χ4v) is 1.09. The Labute approximate surface area is 194 Å². The van der Waals surface area contributed by atoms with E-state index in [1.807, 2.05) is 38.1 Å². The molecule has 0 bridgehead atoms. The van der Waals surface area contributed by atoms with Crippen molar-refractivity contribution in [2.24, 2.45) is 0 Å². The van der Waals surface area contributed by atoms with Gasteiger partial charge in [-0.05, 0) is 38.1 Å². The first kappa shape index (κ1) is 32.2. The normalized spacial score (nSPS) is 9.78. The molecule has 0 amide bonds. The zero-order chi connectivity index (χ0) is 21.0. The van der Waals surface area contributed by atoms with Gasteiger partial charge in [-0.15, -0.1) is 0 Å². The van der Waals surface area contributed by atoms with Crippen molar-refractivity contribution in [2.75, 3.05) is 0 Å². The molecule has 0 aliphatic carbocycles. The van der Waals surface area contributed by atoms with Gasteiger partial charge in [0.15, 0.2) is 0 Å². The second kappa shape index (κ2) is 16.4. The number of phenolic OH excluding ortho intramolecular Hbond substituents is 2. The van der Waals surface area contributed by atoms with E-state index in [1.54, 1.807) is 24.3 Å². The summed E-state index contributed by atoms with van der Waals surface area (Å²) in [7, 11) is 0. The van der Waals surface area contributed by atoms with Crippen molar-refractivity contribution in [1.82, 2.24) is 0 Å². The molecule has 0 fully saturated rings. The smallest absolute Gasteiger partial charge is 0.850 e. The Hall–Kier alpha value is 0.568. The summed E-state index contributed by atoms with van der Waals surface area (Å²) in [5.41, 5.74) is -5.11. The fourth-order valence-electron chi connectivity index (χ4n) is 1.09. The van der Waals surface area contributed by atoms with Crippen molar-refractivity contribution >= 4 is 59.5 Å². The van der Waals surface area contributed by atoms with Crippen molar-refractivity contribution in [3.05, 3.63) is 59.7 Å². The number of hydrogen-bond acceptors (Lipinski definition) is 10. The summed E-state index contributed by atoms with van der Waals surface area (Å²) in [5.74, 6) is 0.659. The van der Waals surface area contributed by atoms with Crippen LogP contribution in [0.25, 0.3) is 0 Å². The van der Waals surface area contributed by atoms with Gasteiger partial charge in [-0.3, -0.25) is 0 Å². The average Bonchev–Trinajstić information content (AvgIpc) is 2.42. The first-order valence-corrected chi connectivity index (χ1v) is 13.9. The van der Waals surface area contributed by atoms with Crippen molar-refractivity contribution in [3.63, 3.8) is 0 Å². The van der Waals surface area contributed by atoms with Gasteiger partial charge in [0.2, 0.25) is 0 Å². The van der Waals surface area contributed by atoms with Crippen LogP contribution in [-0.2, 0) is 69.2 Å². The van der Waals surface area contributed by atoms with E-state index in [4.69, 9.17) is 10.2 Å². The molecule has 0 saturated heterocycles. The number of benzene rings is 2. The third-order valence-electron chi connectivity index (χ3n) is 2.07. The van der Waals surface area contributed by atoms with Crippen molar-refractivity contribution in [1.29, 1.82) is 0 Å². The van der Waals surface area contributed by atoms with Gasteiger partial charge in [0.25, 0.3) is 0 Å². The van der Waals surface area contributed by atoms with Crippen LogP contribution >= 0.6 is 11.4 Å². The van der Waals surface area contributed by atoms with Crippen LogP contribution < -0.4 is 19.6 Å². The van der Waals surface area contributed by atoms with E-state index in [9.17, 15) is 19.6 Å². The van der Waals surface area contributed by atoms with Crippen LogP contribution in [0.15, 0.2) is 48.5 Å². The van der Waals surface area contributed by atoms with Crippen molar-refractivity contribution < 1.29 is 50.9 Å². The summed E-state index contributed by atoms with van der Waals surface area (Å²) in [4.78, 5) is 37.2. The third-order valence-corrected chi connectivity index (χ3v) is 2.07. The first-order valence-electron chi connectivity index (χ1n) is 6.55. The van der Waals surface area contributed by atoms with E-state index in [-0.39, 0.29) is 21.1 Å². The van der Waals surface area contributed by atoms with E-state index >= 15 is 0 Å². The van der Waals surface area contributed by atoms with E-state index in [0.29, 0.717) is 11.5 Å². The predicted octanol–water partition coefficient (Wildman–Crippen LogP) is 0.356. The van der Waals surface area contributed by atoms with Gasteiger partial charge in [-0.25, -0.2) is 0 Å². The zero-order valence-corrected chi connectivity index (χ0v) is 21.1. The van der Waals surface area contributed by atoms with Gasteiger partial charge in [0.1, 0.15) is 11.5 Å². The summed E-state index contributed by atoms with van der Waals surface area (Å²) < 4.78 is 0. The van der Waals surface area contributed by atoms with Gasteiger partial charge in [0, 0.05) is 0 Å². The van der Waals surface area contributed by atoms with Crippen LogP contribution in [0.5, 0.6) is 11.5 Å². The monoisotopic (exact) mass is 568 g/mol. The molecule has 27 heavy (non-hydrogen) atoms. The first-order chi connectivity index (χ1) is 11.6. The molecule has 2 aromatic rings. The number of rotatable bonds is 0. The Balaban J connectivity index is -0.000000289. The molecule has 2 N–H and O–H groups in total. The molecule has 13 heteroatoms. The number of hydrogen-bond donors (Lipinski definition) is 2. The van der Waals surface area contributed by atoms with E-state index in [1.165, 1.54) is 11.1 Å². The minimum atomic E-state index is -3.72. The zero-order valence-electron chi connectivity index (χ0n) is 14.1.